The van der Waals surface area contributed by atoms with Gasteiger partial charge in [-0.15, -0.1) is 0 Å². The molecule has 0 aromatic heterocycles. The molecule has 0 atom stereocenters. The van der Waals surface area contributed by atoms with E-state index in [0.717, 1.165) is 12.5 Å². The molecule has 1 rings (SSSR count). The van der Waals surface area contributed by atoms with Gasteiger partial charge in [-0.3, -0.25) is 0 Å². The van der Waals surface area contributed by atoms with Crippen molar-refractivity contribution in [3.05, 3.63) is 41.4 Å². The number of aryl methyl sites for hydroxylation is 1. The molecular formula is C10H14N. The molecule has 1 heteroatoms. The minimum Gasteiger partial charge on any atom is -0.323 e. The van der Waals surface area contributed by atoms with Crippen LogP contribution < -0.4 is 5.73 Å². The molecule has 0 heterocycles. The monoisotopic (exact) mass is 148 g/mol. The highest BCUT2D eigenvalue weighted by molar-refractivity contribution is 5.27. The van der Waals surface area contributed by atoms with Crippen LogP contribution in [0.15, 0.2) is 24.3 Å². The molecule has 0 fully saturated rings. The molecule has 0 unspecified atom stereocenters. The van der Waals surface area contributed by atoms with Gasteiger partial charge in [0.2, 0.25) is 0 Å². The molecule has 59 valence electrons. The Hall–Kier alpha value is -0.820. The van der Waals surface area contributed by atoms with E-state index >= 15 is 0 Å². The van der Waals surface area contributed by atoms with Crippen molar-refractivity contribution in [2.45, 2.75) is 20.3 Å². The van der Waals surface area contributed by atoms with Crippen LogP contribution in [0, 0.1) is 13.0 Å². The van der Waals surface area contributed by atoms with Gasteiger partial charge < -0.3 is 5.73 Å². The van der Waals surface area contributed by atoms with Gasteiger partial charge in [0.1, 0.15) is 0 Å². The van der Waals surface area contributed by atoms with E-state index in [0.29, 0.717) is 0 Å². The van der Waals surface area contributed by atoms with E-state index in [-0.39, 0.29) is 0 Å². The second kappa shape index (κ2) is 3.54. The highest BCUT2D eigenvalue weighted by Crippen LogP contribution is 2.10. The highest BCUT2D eigenvalue weighted by atomic mass is 14.6. The van der Waals surface area contributed by atoms with Gasteiger partial charge in [-0.25, -0.2) is 0 Å². The van der Waals surface area contributed by atoms with Gasteiger partial charge in [-0.1, -0.05) is 24.3 Å². The van der Waals surface area contributed by atoms with Gasteiger partial charge in [-0.05, 0) is 31.4 Å². The van der Waals surface area contributed by atoms with Gasteiger partial charge in [0.25, 0.3) is 0 Å². The Labute approximate surface area is 68.2 Å². The van der Waals surface area contributed by atoms with Gasteiger partial charge in [0.05, 0.1) is 0 Å². The van der Waals surface area contributed by atoms with Gasteiger partial charge >= 0.3 is 0 Å². The summed E-state index contributed by atoms with van der Waals surface area (Å²) in [5.41, 5.74) is 8.25. The fourth-order valence-corrected chi connectivity index (χ4v) is 1.11. The zero-order valence-corrected chi connectivity index (χ0v) is 7.09. The van der Waals surface area contributed by atoms with Crippen molar-refractivity contribution < 1.29 is 0 Å². The van der Waals surface area contributed by atoms with Crippen LogP contribution in [0.4, 0.5) is 0 Å². The first kappa shape index (κ1) is 8.28. The van der Waals surface area contributed by atoms with E-state index in [1.54, 1.807) is 0 Å². The Morgan fingerprint density at radius 1 is 1.36 bits per heavy atom. The molecule has 0 amide bonds. The molecular weight excluding hydrogens is 134 g/mol. The number of nitrogens with two attached hydrogens (primary N) is 1. The maximum Gasteiger partial charge on any atom is 0.0349 e. The van der Waals surface area contributed by atoms with Crippen molar-refractivity contribution in [3.63, 3.8) is 0 Å². The van der Waals surface area contributed by atoms with Crippen LogP contribution in [0.3, 0.4) is 0 Å². The maximum absolute atomic E-state index is 5.61. The second-order valence-electron chi connectivity index (χ2n) is 2.95. The summed E-state index contributed by atoms with van der Waals surface area (Å²) in [6, 6.07) is 9.29. The molecule has 0 saturated heterocycles. The Morgan fingerprint density at radius 2 is 2.00 bits per heavy atom. The first-order valence-electron chi connectivity index (χ1n) is 3.82. The number of hydrogen-bond donors (Lipinski definition) is 1. The lowest BCUT2D eigenvalue weighted by Gasteiger charge is -2.06. The average molecular weight is 148 g/mol. The number of rotatable bonds is 2. The summed E-state index contributed by atoms with van der Waals surface area (Å²) in [5, 5.41) is 0. The molecule has 0 aliphatic rings. The summed E-state index contributed by atoms with van der Waals surface area (Å²) in [6.45, 7) is 4.06. The molecule has 0 aliphatic heterocycles. The first-order chi connectivity index (χ1) is 5.20. The van der Waals surface area contributed by atoms with Crippen molar-refractivity contribution >= 4 is 0 Å². The zero-order chi connectivity index (χ0) is 8.27. The summed E-state index contributed by atoms with van der Waals surface area (Å²) in [5.74, 6) is 0. The molecule has 1 aromatic carbocycles. The van der Waals surface area contributed by atoms with Crippen molar-refractivity contribution in [2.24, 2.45) is 5.73 Å². The van der Waals surface area contributed by atoms with Crippen molar-refractivity contribution in [1.82, 2.24) is 0 Å². The van der Waals surface area contributed by atoms with E-state index in [4.69, 9.17) is 5.73 Å². The third-order valence-corrected chi connectivity index (χ3v) is 1.73. The summed E-state index contributed by atoms with van der Waals surface area (Å²) in [6.07, 6.45) is 0.896. The molecule has 0 saturated carbocycles. The van der Waals surface area contributed by atoms with Crippen LogP contribution >= 0.6 is 0 Å². The van der Waals surface area contributed by atoms with E-state index < -0.39 is 0 Å². The standard InChI is InChI=1S/C10H14N/c1-8-5-3-4-6-10(8)7-9(2)11/h3-6H,7,11H2,1-2H3. The Kier molecular flexibility index (Phi) is 2.66. The fourth-order valence-electron chi connectivity index (χ4n) is 1.11. The normalized spacial score (nSPS) is 10.5. The van der Waals surface area contributed by atoms with Crippen molar-refractivity contribution in [2.75, 3.05) is 0 Å². The van der Waals surface area contributed by atoms with Gasteiger partial charge in [0.15, 0.2) is 0 Å². The fraction of sp³-hybridized carbons (Fsp3) is 0.300. The predicted molar refractivity (Wildman–Crippen MR) is 48.0 cm³/mol. The molecule has 1 radical (unpaired) electrons. The summed E-state index contributed by atoms with van der Waals surface area (Å²) in [7, 11) is 0. The van der Waals surface area contributed by atoms with E-state index in [1.165, 1.54) is 11.1 Å². The van der Waals surface area contributed by atoms with Gasteiger partial charge in [0, 0.05) is 6.04 Å². The Morgan fingerprint density at radius 3 is 2.55 bits per heavy atom. The lowest BCUT2D eigenvalue weighted by Crippen LogP contribution is -2.08. The molecule has 2 N–H and O–H groups in total. The largest absolute Gasteiger partial charge is 0.323 e. The predicted octanol–water partition coefficient (Wildman–Crippen LogP) is 2.05. The lowest BCUT2D eigenvalue weighted by atomic mass is 10.0. The third-order valence-electron chi connectivity index (χ3n) is 1.73. The number of hydrogen-bond acceptors (Lipinski definition) is 1. The summed E-state index contributed by atoms with van der Waals surface area (Å²) < 4.78 is 0. The molecule has 1 nitrogen and oxygen atoms in total. The first-order valence-corrected chi connectivity index (χ1v) is 3.82. The minimum absolute atomic E-state index is 0.896. The zero-order valence-electron chi connectivity index (χ0n) is 7.09. The molecule has 0 aliphatic carbocycles. The summed E-state index contributed by atoms with van der Waals surface area (Å²) in [4.78, 5) is 0. The Bertz CT molecular complexity index is 228. The molecule has 0 bridgehead atoms. The smallest absolute Gasteiger partial charge is 0.0349 e. The van der Waals surface area contributed by atoms with Crippen LogP contribution in [0.1, 0.15) is 18.1 Å². The van der Waals surface area contributed by atoms with Crippen LogP contribution in [-0.2, 0) is 6.42 Å². The Balaban J connectivity index is 2.78. The SMILES string of the molecule is C[C](N)Cc1ccccc1C. The van der Waals surface area contributed by atoms with Gasteiger partial charge in [-0.2, -0.15) is 0 Å². The lowest BCUT2D eigenvalue weighted by molar-refractivity contribution is 0.913. The molecule has 11 heavy (non-hydrogen) atoms. The second-order valence-corrected chi connectivity index (χ2v) is 2.95. The highest BCUT2D eigenvalue weighted by Gasteiger charge is 1.99. The van der Waals surface area contributed by atoms with Crippen LogP contribution in [0.5, 0.6) is 0 Å². The number of benzene rings is 1. The summed E-state index contributed by atoms with van der Waals surface area (Å²) >= 11 is 0. The van der Waals surface area contributed by atoms with Crippen LogP contribution in [-0.4, -0.2) is 0 Å². The quantitative estimate of drug-likeness (QED) is 0.682. The third kappa shape index (κ3) is 2.35. The minimum atomic E-state index is 0.896. The molecule has 1 aromatic rings. The van der Waals surface area contributed by atoms with Crippen LogP contribution in [0.25, 0.3) is 0 Å². The van der Waals surface area contributed by atoms with Crippen LogP contribution in [0.2, 0.25) is 0 Å². The van der Waals surface area contributed by atoms with E-state index in [9.17, 15) is 0 Å². The van der Waals surface area contributed by atoms with E-state index in [2.05, 4.69) is 19.1 Å². The van der Waals surface area contributed by atoms with E-state index in [1.807, 2.05) is 19.1 Å². The van der Waals surface area contributed by atoms with Crippen molar-refractivity contribution in [1.29, 1.82) is 0 Å². The topological polar surface area (TPSA) is 26.0 Å². The maximum atomic E-state index is 5.61. The molecule has 0 spiro atoms. The van der Waals surface area contributed by atoms with Crippen molar-refractivity contribution in [3.8, 4) is 0 Å². The average Bonchev–Trinajstić information content (AvgIpc) is 1.93.